The fourth-order valence-corrected chi connectivity index (χ4v) is 4.85. The molecule has 1 saturated heterocycles. The first-order chi connectivity index (χ1) is 15.2. The van der Waals surface area contributed by atoms with E-state index in [4.69, 9.17) is 4.98 Å². The van der Waals surface area contributed by atoms with Gasteiger partial charge in [0.25, 0.3) is 5.91 Å². The average molecular weight is 437 g/mol. The summed E-state index contributed by atoms with van der Waals surface area (Å²) in [5.41, 5.74) is 2.57. The molecule has 2 fully saturated rings. The minimum atomic E-state index is 0.0671. The van der Waals surface area contributed by atoms with Crippen molar-refractivity contribution in [1.29, 1.82) is 0 Å². The molecule has 170 valence electrons. The van der Waals surface area contributed by atoms with E-state index in [0.717, 1.165) is 43.9 Å². The minimum Gasteiger partial charge on any atom is -0.381 e. The quantitative estimate of drug-likeness (QED) is 0.536. The fraction of sp³-hybridized carbons (Fsp3) is 0.542. The van der Waals surface area contributed by atoms with Crippen molar-refractivity contribution in [1.82, 2.24) is 14.9 Å². The highest BCUT2D eigenvalue weighted by Crippen LogP contribution is 2.46. The van der Waals surface area contributed by atoms with Crippen LogP contribution in [0, 0.1) is 22.2 Å². The number of rotatable bonds is 6. The van der Waals surface area contributed by atoms with Gasteiger partial charge in [-0.2, -0.15) is 0 Å². The maximum Gasteiger partial charge on any atom is 0.255 e. The van der Waals surface area contributed by atoms with Crippen molar-refractivity contribution in [2.75, 3.05) is 37.0 Å². The van der Waals surface area contributed by atoms with Gasteiger partial charge in [0.05, 0.1) is 16.5 Å². The van der Waals surface area contributed by atoms with Crippen molar-refractivity contribution in [2.24, 2.45) is 22.5 Å². The smallest absolute Gasteiger partial charge is 0.255 e. The molecular formula is C24H32N6O2. The largest absolute Gasteiger partial charge is 0.381 e. The van der Waals surface area contributed by atoms with Crippen molar-refractivity contribution < 1.29 is 4.79 Å². The minimum absolute atomic E-state index is 0.0671. The number of hydrogen-bond acceptors (Lipinski definition) is 6. The van der Waals surface area contributed by atoms with Gasteiger partial charge in [0, 0.05) is 50.7 Å². The average Bonchev–Trinajstić information content (AvgIpc) is 3.36. The zero-order valence-electron chi connectivity index (χ0n) is 19.3. The summed E-state index contributed by atoms with van der Waals surface area (Å²) in [7, 11) is 1.63. The maximum absolute atomic E-state index is 12.8. The first-order valence-electron chi connectivity index (χ1n) is 11.3. The number of amides is 1. The summed E-state index contributed by atoms with van der Waals surface area (Å²) >= 11 is 0. The standard InChI is InChI=1S/C24H32N6O2/c1-24(2,3)15-26-21-8-7-20(27-22(21)29(4)28-32)17-10-18-13-30(14-19(18)11-17)23(31)16-6-5-9-25-12-16/h5-9,12,17-19,26H,10-11,13-15H2,1-4H3. The van der Waals surface area contributed by atoms with Crippen LogP contribution < -0.4 is 10.3 Å². The molecule has 2 aromatic heterocycles. The highest BCUT2D eigenvalue weighted by Gasteiger charge is 2.43. The second kappa shape index (κ2) is 8.84. The summed E-state index contributed by atoms with van der Waals surface area (Å²) in [6.07, 6.45) is 5.32. The lowest BCUT2D eigenvalue weighted by Gasteiger charge is -2.23. The molecule has 1 N–H and O–H groups in total. The van der Waals surface area contributed by atoms with E-state index in [2.05, 4.69) is 42.4 Å². The molecule has 2 aliphatic rings. The van der Waals surface area contributed by atoms with Crippen molar-refractivity contribution in [2.45, 2.75) is 39.5 Å². The van der Waals surface area contributed by atoms with E-state index in [1.54, 1.807) is 25.5 Å². The van der Waals surface area contributed by atoms with Crippen LogP contribution >= 0.6 is 0 Å². The number of nitrogens with one attached hydrogen (secondary N) is 1. The van der Waals surface area contributed by atoms with Crippen molar-refractivity contribution in [3.8, 4) is 0 Å². The Bertz CT molecular complexity index is 960. The first-order valence-corrected chi connectivity index (χ1v) is 11.3. The van der Waals surface area contributed by atoms with Gasteiger partial charge in [-0.15, -0.1) is 4.91 Å². The molecular weight excluding hydrogens is 404 g/mol. The van der Waals surface area contributed by atoms with Crippen LogP contribution in [0.2, 0.25) is 0 Å². The van der Waals surface area contributed by atoms with Gasteiger partial charge >= 0.3 is 0 Å². The van der Waals surface area contributed by atoms with E-state index in [0.29, 0.717) is 29.1 Å². The molecule has 0 spiro atoms. The molecule has 0 radical (unpaired) electrons. The van der Waals surface area contributed by atoms with Gasteiger partial charge in [-0.1, -0.05) is 20.8 Å². The van der Waals surface area contributed by atoms with Crippen molar-refractivity contribution in [3.63, 3.8) is 0 Å². The SMILES string of the molecule is CN(N=O)c1nc(C2CC3CN(C(=O)c4cccnc4)CC3C2)ccc1NCC(C)(C)C. The number of carbonyl (C=O) groups excluding carboxylic acids is 1. The summed E-state index contributed by atoms with van der Waals surface area (Å²) in [5, 5.41) is 7.78. The van der Waals surface area contributed by atoms with Crippen LogP contribution in [0.15, 0.2) is 41.9 Å². The van der Waals surface area contributed by atoms with Crippen LogP contribution in [0.3, 0.4) is 0 Å². The monoisotopic (exact) mass is 436 g/mol. The summed E-state index contributed by atoms with van der Waals surface area (Å²) in [6, 6.07) is 7.70. The summed E-state index contributed by atoms with van der Waals surface area (Å²) in [5.74, 6) is 1.92. The normalized spacial score (nSPS) is 22.5. The van der Waals surface area contributed by atoms with E-state index in [1.807, 2.05) is 17.0 Å². The Morgan fingerprint density at radius 3 is 2.53 bits per heavy atom. The highest BCUT2D eigenvalue weighted by molar-refractivity contribution is 5.94. The molecule has 8 heteroatoms. The molecule has 0 bridgehead atoms. The number of carbonyl (C=O) groups is 1. The number of fused-ring (bicyclic) bond motifs is 1. The van der Waals surface area contributed by atoms with Crippen LogP contribution in [0.1, 0.15) is 55.6 Å². The van der Waals surface area contributed by atoms with Crippen LogP contribution in [-0.4, -0.2) is 47.5 Å². The van der Waals surface area contributed by atoms with E-state index in [-0.39, 0.29) is 11.3 Å². The van der Waals surface area contributed by atoms with Gasteiger partial charge in [0.15, 0.2) is 5.82 Å². The number of likely N-dealkylation sites (tertiary alicyclic amines) is 1. The third kappa shape index (κ3) is 4.74. The Balaban J connectivity index is 1.45. The molecule has 1 amide bonds. The molecule has 2 unspecified atom stereocenters. The number of hydrogen-bond donors (Lipinski definition) is 1. The van der Waals surface area contributed by atoms with E-state index in [1.165, 1.54) is 5.01 Å². The number of aromatic nitrogens is 2. The lowest BCUT2D eigenvalue weighted by molar-refractivity contribution is 0.0779. The molecule has 2 aromatic rings. The Hall–Kier alpha value is -3.03. The molecule has 32 heavy (non-hydrogen) atoms. The van der Waals surface area contributed by atoms with Crippen LogP contribution in [-0.2, 0) is 0 Å². The zero-order chi connectivity index (χ0) is 22.9. The number of nitrogens with zero attached hydrogens (tertiary/aromatic N) is 5. The van der Waals surface area contributed by atoms with Crippen molar-refractivity contribution in [3.05, 3.63) is 52.8 Å². The summed E-state index contributed by atoms with van der Waals surface area (Å²) in [6.45, 7) is 8.79. The molecule has 1 aliphatic carbocycles. The highest BCUT2D eigenvalue weighted by atomic mass is 16.3. The molecule has 1 aliphatic heterocycles. The predicted octanol–water partition coefficient (Wildman–Crippen LogP) is 4.32. The van der Waals surface area contributed by atoms with E-state index >= 15 is 0 Å². The van der Waals surface area contributed by atoms with Gasteiger partial charge in [0.1, 0.15) is 0 Å². The summed E-state index contributed by atoms with van der Waals surface area (Å²) in [4.78, 5) is 34.9. The second-order valence-electron chi connectivity index (χ2n) is 10.3. The second-order valence-corrected chi connectivity index (χ2v) is 10.3. The summed E-state index contributed by atoms with van der Waals surface area (Å²) < 4.78 is 0. The topological polar surface area (TPSA) is 90.8 Å². The van der Waals surface area contributed by atoms with Crippen LogP contribution in [0.5, 0.6) is 0 Å². The molecule has 0 aromatic carbocycles. The predicted molar refractivity (Wildman–Crippen MR) is 125 cm³/mol. The van der Waals surface area contributed by atoms with Gasteiger partial charge in [-0.05, 0) is 54.4 Å². The molecule has 8 nitrogen and oxygen atoms in total. The molecule has 3 heterocycles. The maximum atomic E-state index is 12.8. The van der Waals surface area contributed by atoms with Gasteiger partial charge in [0.2, 0.25) is 0 Å². The third-order valence-corrected chi connectivity index (χ3v) is 6.50. The molecule has 4 rings (SSSR count). The van der Waals surface area contributed by atoms with Crippen LogP contribution in [0.4, 0.5) is 11.5 Å². The van der Waals surface area contributed by atoms with Gasteiger partial charge in [-0.25, -0.2) is 9.99 Å². The number of anilines is 2. The fourth-order valence-electron chi connectivity index (χ4n) is 4.85. The third-order valence-electron chi connectivity index (χ3n) is 6.50. The van der Waals surface area contributed by atoms with Gasteiger partial charge < -0.3 is 10.2 Å². The van der Waals surface area contributed by atoms with E-state index < -0.39 is 0 Å². The van der Waals surface area contributed by atoms with Crippen molar-refractivity contribution >= 4 is 17.4 Å². The lowest BCUT2D eigenvalue weighted by Crippen LogP contribution is -2.30. The Labute approximate surface area is 189 Å². The van der Waals surface area contributed by atoms with Crippen LogP contribution in [0.25, 0.3) is 0 Å². The molecule has 1 saturated carbocycles. The first kappa shape index (κ1) is 22.2. The Morgan fingerprint density at radius 2 is 1.94 bits per heavy atom. The lowest BCUT2D eigenvalue weighted by atomic mass is 9.97. The van der Waals surface area contributed by atoms with Gasteiger partial charge in [-0.3, -0.25) is 9.78 Å². The number of nitroso groups, excluding NO2 is 1. The Morgan fingerprint density at radius 1 is 1.22 bits per heavy atom. The molecule has 2 atom stereocenters. The zero-order valence-corrected chi connectivity index (χ0v) is 19.3. The Kier molecular flexibility index (Phi) is 6.13. The number of pyridine rings is 2. The van der Waals surface area contributed by atoms with E-state index in [9.17, 15) is 9.70 Å².